The predicted octanol–water partition coefficient (Wildman–Crippen LogP) is 3.03. The van der Waals surface area contributed by atoms with Crippen LogP contribution < -0.4 is 11.1 Å². The maximum atomic E-state index is 14.6. The van der Waals surface area contributed by atoms with E-state index in [-0.39, 0.29) is 30.6 Å². The second-order valence-corrected chi connectivity index (χ2v) is 8.14. The summed E-state index contributed by atoms with van der Waals surface area (Å²) in [6.07, 6.45) is 1.87. The molecule has 6 nitrogen and oxygen atoms in total. The van der Waals surface area contributed by atoms with Crippen molar-refractivity contribution in [2.75, 3.05) is 26.7 Å². The Morgan fingerprint density at radius 3 is 2.61 bits per heavy atom. The average Bonchev–Trinajstić information content (AvgIpc) is 3.21. The summed E-state index contributed by atoms with van der Waals surface area (Å²) in [7, 11) is 1.76. The van der Waals surface area contributed by atoms with Gasteiger partial charge in [-0.2, -0.15) is 5.10 Å². The van der Waals surface area contributed by atoms with E-state index >= 15 is 0 Å². The number of nitrogens with two attached hydrogens (primary N) is 1. The van der Waals surface area contributed by atoms with Gasteiger partial charge in [0.2, 0.25) is 0 Å². The van der Waals surface area contributed by atoms with Crippen molar-refractivity contribution in [2.45, 2.75) is 30.8 Å². The van der Waals surface area contributed by atoms with Crippen molar-refractivity contribution in [1.82, 2.24) is 15.2 Å². The molecule has 3 N–H and O–H groups in total. The smallest absolute Gasteiger partial charge is 0.328 e. The highest BCUT2D eigenvalue weighted by atomic mass is 19.1. The Morgan fingerprint density at radius 2 is 1.94 bits per heavy atom. The van der Waals surface area contributed by atoms with Crippen molar-refractivity contribution < 1.29 is 13.6 Å². The average molecular weight is 427 g/mol. The van der Waals surface area contributed by atoms with E-state index in [0.29, 0.717) is 5.71 Å². The van der Waals surface area contributed by atoms with Crippen LogP contribution in [0.3, 0.4) is 0 Å². The van der Waals surface area contributed by atoms with Crippen LogP contribution in [0.1, 0.15) is 30.4 Å². The third kappa shape index (κ3) is 3.93. The summed E-state index contributed by atoms with van der Waals surface area (Å²) in [5, 5.41) is 9.21. The Morgan fingerprint density at radius 1 is 1.23 bits per heavy atom. The number of hydrazone groups is 1. The lowest BCUT2D eigenvalue weighted by molar-refractivity contribution is 0.0924. The van der Waals surface area contributed by atoms with Crippen LogP contribution in [0, 0.1) is 11.6 Å². The maximum Gasteiger partial charge on any atom is 0.341 e. The molecule has 2 aliphatic rings. The fraction of sp³-hybridized carbons (Fsp3) is 0.391. The number of rotatable bonds is 4. The Bertz CT molecular complexity index is 977. The molecule has 2 amide bonds. The molecular formula is C23H27F2N5O. The van der Waals surface area contributed by atoms with E-state index in [1.807, 2.05) is 30.3 Å². The van der Waals surface area contributed by atoms with Gasteiger partial charge in [0.05, 0.1) is 5.71 Å². The monoisotopic (exact) mass is 427 g/mol. The normalized spacial score (nSPS) is 21.8. The summed E-state index contributed by atoms with van der Waals surface area (Å²) < 4.78 is 28.4. The number of halogens is 2. The predicted molar refractivity (Wildman–Crippen MR) is 116 cm³/mol. The number of benzene rings is 2. The zero-order valence-electron chi connectivity index (χ0n) is 17.5. The minimum absolute atomic E-state index is 0.0496. The summed E-state index contributed by atoms with van der Waals surface area (Å²) in [5.41, 5.74) is 6.43. The highest BCUT2D eigenvalue weighted by Crippen LogP contribution is 2.40. The molecule has 0 spiro atoms. The van der Waals surface area contributed by atoms with Gasteiger partial charge in [-0.1, -0.05) is 30.3 Å². The molecule has 164 valence electrons. The van der Waals surface area contributed by atoms with E-state index < -0.39 is 17.2 Å². The van der Waals surface area contributed by atoms with Crippen LogP contribution in [0.5, 0.6) is 0 Å². The van der Waals surface area contributed by atoms with Gasteiger partial charge in [0.1, 0.15) is 17.2 Å². The van der Waals surface area contributed by atoms with Crippen LogP contribution in [0.15, 0.2) is 53.6 Å². The SMILES string of the molecule is CN(C(=O)N1N=C(c2cc(F)ccc2F)CC1(CN)c1ccccc1)C1CCNCC1. The van der Waals surface area contributed by atoms with E-state index in [9.17, 15) is 13.6 Å². The number of nitrogens with zero attached hydrogens (tertiary/aromatic N) is 3. The fourth-order valence-electron chi connectivity index (χ4n) is 4.45. The molecule has 2 aromatic carbocycles. The van der Waals surface area contributed by atoms with Crippen LogP contribution in [0.4, 0.5) is 13.6 Å². The van der Waals surface area contributed by atoms with E-state index in [4.69, 9.17) is 5.73 Å². The molecule has 0 radical (unpaired) electrons. The number of nitrogens with one attached hydrogen (secondary N) is 1. The van der Waals surface area contributed by atoms with E-state index in [0.717, 1.165) is 49.7 Å². The van der Waals surface area contributed by atoms with E-state index in [2.05, 4.69) is 10.4 Å². The largest absolute Gasteiger partial charge is 0.341 e. The highest BCUT2D eigenvalue weighted by molar-refractivity contribution is 6.04. The van der Waals surface area contributed by atoms with Crippen molar-refractivity contribution >= 4 is 11.7 Å². The molecule has 2 aliphatic heterocycles. The van der Waals surface area contributed by atoms with E-state index in [1.165, 1.54) is 5.01 Å². The van der Waals surface area contributed by atoms with Gasteiger partial charge in [0.25, 0.3) is 0 Å². The van der Waals surface area contributed by atoms with Crippen molar-refractivity contribution in [1.29, 1.82) is 0 Å². The number of piperidine rings is 1. The van der Waals surface area contributed by atoms with Gasteiger partial charge in [-0.3, -0.25) is 0 Å². The molecule has 8 heteroatoms. The molecular weight excluding hydrogens is 400 g/mol. The first-order chi connectivity index (χ1) is 15.0. The number of hydrogen-bond acceptors (Lipinski definition) is 4. The highest BCUT2D eigenvalue weighted by Gasteiger charge is 2.48. The van der Waals surface area contributed by atoms with Gasteiger partial charge in [-0.05, 0) is 49.7 Å². The first kappa shape index (κ1) is 21.4. The number of amides is 2. The van der Waals surface area contributed by atoms with Gasteiger partial charge in [-0.25, -0.2) is 18.6 Å². The van der Waals surface area contributed by atoms with Crippen molar-refractivity contribution in [3.05, 3.63) is 71.3 Å². The quantitative estimate of drug-likeness (QED) is 0.788. The van der Waals surface area contributed by atoms with Crippen LogP contribution in [-0.2, 0) is 5.54 Å². The lowest BCUT2D eigenvalue weighted by Gasteiger charge is -2.40. The molecule has 2 aromatic rings. The Hall–Kier alpha value is -2.84. The third-order valence-electron chi connectivity index (χ3n) is 6.31. The summed E-state index contributed by atoms with van der Waals surface area (Å²) in [4.78, 5) is 15.3. The van der Waals surface area contributed by atoms with Crippen LogP contribution in [0.2, 0.25) is 0 Å². The summed E-state index contributed by atoms with van der Waals surface area (Å²) in [6, 6.07) is 12.4. The summed E-state index contributed by atoms with van der Waals surface area (Å²) in [5.74, 6) is -1.14. The van der Waals surface area contributed by atoms with E-state index in [1.54, 1.807) is 11.9 Å². The molecule has 1 fully saturated rings. The number of hydrogen-bond donors (Lipinski definition) is 2. The summed E-state index contributed by atoms with van der Waals surface area (Å²) in [6.45, 7) is 1.77. The van der Waals surface area contributed by atoms with Crippen molar-refractivity contribution in [3.63, 3.8) is 0 Å². The zero-order valence-corrected chi connectivity index (χ0v) is 17.5. The molecule has 0 aliphatic carbocycles. The Labute approximate surface area is 180 Å². The van der Waals surface area contributed by atoms with Gasteiger partial charge in [0, 0.05) is 31.6 Å². The second kappa shape index (κ2) is 8.72. The molecule has 0 saturated carbocycles. The second-order valence-electron chi connectivity index (χ2n) is 8.14. The molecule has 0 bridgehead atoms. The van der Waals surface area contributed by atoms with Gasteiger partial charge < -0.3 is 16.0 Å². The Balaban J connectivity index is 1.77. The van der Waals surface area contributed by atoms with Gasteiger partial charge >= 0.3 is 6.03 Å². The molecule has 4 rings (SSSR count). The number of carbonyl (C=O) groups excluding carboxylic acids is 1. The lowest BCUT2D eigenvalue weighted by Crippen LogP contribution is -2.55. The third-order valence-corrected chi connectivity index (χ3v) is 6.31. The maximum absolute atomic E-state index is 14.6. The minimum Gasteiger partial charge on any atom is -0.328 e. The van der Waals surface area contributed by atoms with Crippen molar-refractivity contribution in [3.8, 4) is 0 Å². The topological polar surface area (TPSA) is 74.0 Å². The zero-order chi connectivity index (χ0) is 22.0. The molecule has 1 unspecified atom stereocenters. The molecule has 1 atom stereocenters. The number of carbonyl (C=O) groups is 1. The summed E-state index contributed by atoms with van der Waals surface area (Å²) >= 11 is 0. The fourth-order valence-corrected chi connectivity index (χ4v) is 4.45. The van der Waals surface area contributed by atoms with Crippen LogP contribution in [-0.4, -0.2) is 54.4 Å². The van der Waals surface area contributed by atoms with Crippen LogP contribution >= 0.6 is 0 Å². The first-order valence-electron chi connectivity index (χ1n) is 10.5. The minimum atomic E-state index is -0.979. The Kier molecular flexibility index (Phi) is 6.02. The van der Waals surface area contributed by atoms with Gasteiger partial charge in [0.15, 0.2) is 0 Å². The molecule has 0 aromatic heterocycles. The molecule has 31 heavy (non-hydrogen) atoms. The van der Waals surface area contributed by atoms with Crippen molar-refractivity contribution in [2.24, 2.45) is 10.8 Å². The standard InChI is InChI=1S/C23H27F2N5O/c1-29(18-9-11-27-12-10-18)22(31)30-23(15-26,16-5-3-2-4-6-16)14-21(28-30)19-13-17(24)7-8-20(19)25/h2-8,13,18,27H,9-12,14-15,26H2,1H3. The van der Waals surface area contributed by atoms with Gasteiger partial charge in [-0.15, -0.1) is 0 Å². The molecule has 1 saturated heterocycles. The molecule has 2 heterocycles. The lowest BCUT2D eigenvalue weighted by atomic mass is 9.84. The number of urea groups is 1. The van der Waals surface area contributed by atoms with Crippen LogP contribution in [0.25, 0.3) is 0 Å². The first-order valence-corrected chi connectivity index (χ1v) is 10.5.